The molecule has 1 fully saturated rings. The quantitative estimate of drug-likeness (QED) is 0.556. The lowest BCUT2D eigenvalue weighted by Crippen LogP contribution is -2.40. The van der Waals surface area contributed by atoms with Crippen molar-refractivity contribution in [3.05, 3.63) is 0 Å². The molecule has 94 valence electrons. The van der Waals surface area contributed by atoms with Gasteiger partial charge in [0.15, 0.2) is 0 Å². The van der Waals surface area contributed by atoms with Crippen molar-refractivity contribution in [2.75, 3.05) is 25.5 Å². The number of hydrogen-bond donors (Lipinski definition) is 0. The van der Waals surface area contributed by atoms with Gasteiger partial charge in [-0.3, -0.25) is 4.79 Å². The van der Waals surface area contributed by atoms with Crippen LogP contribution in [0.25, 0.3) is 0 Å². The van der Waals surface area contributed by atoms with E-state index in [4.69, 9.17) is 4.74 Å². The summed E-state index contributed by atoms with van der Waals surface area (Å²) in [5.41, 5.74) is 0. The average Bonchev–Trinajstić information content (AvgIpc) is 2.34. The summed E-state index contributed by atoms with van der Waals surface area (Å²) in [5.74, 6) is 0.165. The minimum atomic E-state index is -0.171. The van der Waals surface area contributed by atoms with E-state index in [1.807, 2.05) is 11.9 Å². The molecule has 3 nitrogen and oxygen atoms in total. The molecule has 16 heavy (non-hydrogen) atoms. The number of rotatable bonds is 6. The Morgan fingerprint density at radius 3 is 2.81 bits per heavy atom. The van der Waals surface area contributed by atoms with E-state index < -0.39 is 0 Å². The van der Waals surface area contributed by atoms with Crippen LogP contribution in [-0.4, -0.2) is 42.4 Å². The molecule has 1 rings (SSSR count). The van der Waals surface area contributed by atoms with Crippen LogP contribution in [0.4, 0.5) is 0 Å². The summed E-state index contributed by atoms with van der Waals surface area (Å²) in [5, 5.41) is 1.05. The monoisotopic (exact) mass is 291 g/mol. The van der Waals surface area contributed by atoms with Gasteiger partial charge in [0.1, 0.15) is 6.10 Å². The molecule has 1 atom stereocenters. The van der Waals surface area contributed by atoms with Crippen molar-refractivity contribution in [1.82, 2.24) is 4.90 Å². The summed E-state index contributed by atoms with van der Waals surface area (Å²) in [6, 6.07) is 0. The summed E-state index contributed by atoms with van der Waals surface area (Å²) in [4.78, 5) is 13.8. The van der Waals surface area contributed by atoms with E-state index in [9.17, 15) is 4.79 Å². The molecule has 1 saturated heterocycles. The van der Waals surface area contributed by atoms with Gasteiger partial charge in [0.2, 0.25) is 0 Å². The second kappa shape index (κ2) is 8.07. The fraction of sp³-hybridized carbons (Fsp3) is 0.917. The standard InChI is InChI=1S/C12H22BrNO2/c1-14(9-5-2-4-8-13)12(15)11-7-3-6-10-16-11/h11H,2-10H2,1H3. The third-order valence-electron chi connectivity index (χ3n) is 2.96. The second-order valence-corrected chi connectivity index (χ2v) is 5.16. The van der Waals surface area contributed by atoms with E-state index in [1.165, 1.54) is 12.8 Å². The van der Waals surface area contributed by atoms with E-state index in [-0.39, 0.29) is 12.0 Å². The highest BCUT2D eigenvalue weighted by Gasteiger charge is 2.24. The second-order valence-electron chi connectivity index (χ2n) is 4.36. The molecule has 0 N–H and O–H groups in total. The minimum Gasteiger partial charge on any atom is -0.368 e. The Labute approximate surface area is 107 Å². The molecule has 0 spiro atoms. The predicted molar refractivity (Wildman–Crippen MR) is 68.9 cm³/mol. The molecular formula is C12H22BrNO2. The van der Waals surface area contributed by atoms with Crippen LogP contribution in [0.1, 0.15) is 38.5 Å². The number of ether oxygens (including phenoxy) is 1. The van der Waals surface area contributed by atoms with E-state index >= 15 is 0 Å². The number of alkyl halides is 1. The summed E-state index contributed by atoms with van der Waals surface area (Å²) in [6.07, 6.45) is 6.38. The van der Waals surface area contributed by atoms with Crippen molar-refractivity contribution in [3.63, 3.8) is 0 Å². The molecule has 0 radical (unpaired) electrons. The number of halogens is 1. The van der Waals surface area contributed by atoms with E-state index in [0.717, 1.165) is 44.2 Å². The van der Waals surface area contributed by atoms with Crippen LogP contribution in [0.5, 0.6) is 0 Å². The van der Waals surface area contributed by atoms with Gasteiger partial charge in [0.05, 0.1) is 0 Å². The van der Waals surface area contributed by atoms with Crippen LogP contribution < -0.4 is 0 Å². The Bertz CT molecular complexity index is 205. The normalized spacial score (nSPS) is 20.8. The highest BCUT2D eigenvalue weighted by Crippen LogP contribution is 2.14. The van der Waals surface area contributed by atoms with Crippen molar-refractivity contribution in [1.29, 1.82) is 0 Å². The number of nitrogens with zero attached hydrogens (tertiary/aromatic N) is 1. The van der Waals surface area contributed by atoms with Crippen molar-refractivity contribution in [2.45, 2.75) is 44.6 Å². The first-order valence-corrected chi connectivity index (χ1v) is 7.30. The molecule has 0 saturated carbocycles. The first kappa shape index (κ1) is 14.0. The summed E-state index contributed by atoms with van der Waals surface area (Å²) in [7, 11) is 1.88. The van der Waals surface area contributed by atoms with Crippen molar-refractivity contribution in [3.8, 4) is 0 Å². The Balaban J connectivity index is 2.18. The predicted octanol–water partition coefficient (Wildman–Crippen LogP) is 2.58. The molecule has 1 aliphatic rings. The zero-order chi connectivity index (χ0) is 11.8. The number of carbonyl (C=O) groups excluding carboxylic acids is 1. The van der Waals surface area contributed by atoms with Gasteiger partial charge < -0.3 is 9.64 Å². The Morgan fingerprint density at radius 1 is 1.38 bits per heavy atom. The van der Waals surface area contributed by atoms with E-state index in [1.54, 1.807) is 0 Å². The molecule has 1 aliphatic heterocycles. The molecule has 0 bridgehead atoms. The topological polar surface area (TPSA) is 29.5 Å². The van der Waals surface area contributed by atoms with E-state index in [2.05, 4.69) is 15.9 Å². The molecule has 4 heteroatoms. The lowest BCUT2D eigenvalue weighted by molar-refractivity contribution is -0.145. The molecule has 1 heterocycles. The molecule has 0 aromatic heterocycles. The van der Waals surface area contributed by atoms with Gasteiger partial charge in [-0.15, -0.1) is 0 Å². The summed E-state index contributed by atoms with van der Waals surface area (Å²) < 4.78 is 5.49. The molecule has 0 aromatic rings. The molecule has 0 aromatic carbocycles. The summed E-state index contributed by atoms with van der Waals surface area (Å²) in [6.45, 7) is 1.60. The fourth-order valence-electron chi connectivity index (χ4n) is 1.91. The Hall–Kier alpha value is -0.0900. The van der Waals surface area contributed by atoms with Crippen LogP contribution in [0.2, 0.25) is 0 Å². The molecule has 0 aliphatic carbocycles. The maximum absolute atomic E-state index is 12.0. The highest BCUT2D eigenvalue weighted by atomic mass is 79.9. The van der Waals surface area contributed by atoms with Crippen LogP contribution >= 0.6 is 15.9 Å². The van der Waals surface area contributed by atoms with Crippen molar-refractivity contribution >= 4 is 21.8 Å². The van der Waals surface area contributed by atoms with Crippen LogP contribution in [0.15, 0.2) is 0 Å². The van der Waals surface area contributed by atoms with Crippen LogP contribution in [0.3, 0.4) is 0 Å². The fourth-order valence-corrected chi connectivity index (χ4v) is 2.31. The highest BCUT2D eigenvalue weighted by molar-refractivity contribution is 9.09. The first-order chi connectivity index (χ1) is 7.75. The van der Waals surface area contributed by atoms with Gasteiger partial charge in [0.25, 0.3) is 5.91 Å². The Kier molecular flexibility index (Phi) is 7.05. The number of likely N-dealkylation sites (N-methyl/N-ethyl adjacent to an activating group) is 1. The van der Waals surface area contributed by atoms with Crippen molar-refractivity contribution < 1.29 is 9.53 Å². The first-order valence-electron chi connectivity index (χ1n) is 6.18. The van der Waals surface area contributed by atoms with Gasteiger partial charge in [-0.05, 0) is 32.1 Å². The van der Waals surface area contributed by atoms with Gasteiger partial charge in [0, 0.05) is 25.5 Å². The number of amides is 1. The third-order valence-corrected chi connectivity index (χ3v) is 3.52. The van der Waals surface area contributed by atoms with Gasteiger partial charge in [-0.2, -0.15) is 0 Å². The number of carbonyl (C=O) groups is 1. The van der Waals surface area contributed by atoms with Crippen LogP contribution in [0, 0.1) is 0 Å². The number of unbranched alkanes of at least 4 members (excludes halogenated alkanes) is 2. The largest absolute Gasteiger partial charge is 0.368 e. The van der Waals surface area contributed by atoms with Crippen LogP contribution in [-0.2, 0) is 9.53 Å². The molecule has 1 amide bonds. The molecule has 1 unspecified atom stereocenters. The third kappa shape index (κ3) is 4.83. The molecular weight excluding hydrogens is 270 g/mol. The maximum Gasteiger partial charge on any atom is 0.251 e. The SMILES string of the molecule is CN(CCCCCBr)C(=O)C1CCCCO1. The Morgan fingerprint density at radius 2 is 2.19 bits per heavy atom. The smallest absolute Gasteiger partial charge is 0.251 e. The minimum absolute atomic E-state index is 0.165. The maximum atomic E-state index is 12.0. The lowest BCUT2D eigenvalue weighted by atomic mass is 10.1. The van der Waals surface area contributed by atoms with E-state index in [0.29, 0.717) is 0 Å². The van der Waals surface area contributed by atoms with Crippen molar-refractivity contribution in [2.24, 2.45) is 0 Å². The number of hydrogen-bond acceptors (Lipinski definition) is 2. The zero-order valence-corrected chi connectivity index (χ0v) is 11.7. The summed E-state index contributed by atoms with van der Waals surface area (Å²) >= 11 is 3.41. The van der Waals surface area contributed by atoms with Gasteiger partial charge >= 0.3 is 0 Å². The average molecular weight is 292 g/mol. The van der Waals surface area contributed by atoms with Gasteiger partial charge in [-0.1, -0.05) is 22.4 Å². The lowest BCUT2D eigenvalue weighted by Gasteiger charge is -2.26. The van der Waals surface area contributed by atoms with Gasteiger partial charge in [-0.25, -0.2) is 0 Å². The zero-order valence-electron chi connectivity index (χ0n) is 10.1.